The lowest BCUT2D eigenvalue weighted by Gasteiger charge is -2.37. The van der Waals surface area contributed by atoms with Crippen LogP contribution in [0.4, 0.5) is 0 Å². The van der Waals surface area contributed by atoms with Gasteiger partial charge in [-0.2, -0.15) is 0 Å². The number of nitrogens with zero attached hydrogens (tertiary/aromatic N) is 1. The minimum atomic E-state index is -0.269. The number of allylic oxidation sites excluding steroid dienone is 2. The zero-order chi connectivity index (χ0) is 40.6. The number of hydrogen-bond acceptors (Lipinski definition) is 4. The maximum atomic E-state index is 6.62. The Balaban J connectivity index is 0.915. The molecule has 5 aliphatic carbocycles. The summed E-state index contributed by atoms with van der Waals surface area (Å²) >= 11 is 1.89. The summed E-state index contributed by atoms with van der Waals surface area (Å²) in [5, 5.41) is 6.54. The maximum Gasteiger partial charge on any atom is 0.221 e. The van der Waals surface area contributed by atoms with Gasteiger partial charge in [-0.3, -0.25) is 0 Å². The molecule has 3 fully saturated rings. The van der Waals surface area contributed by atoms with Crippen LogP contribution in [-0.2, 0) is 15.6 Å². The standard InChI is InChI=1S/C58H48N2OS/c1-4-16-35(17-5-1)53-52-40-19-7-9-25-49(40)61-56(52)60-55(59-53)41-22-14-21-39-43-32-36(26-27-50(43)62-54(39)41)37-20-15-24-46-51(37)44-34-47-42(33-48(44)58(46)30-12-3-13-31-58)38-18-6-8-23-45(38)57(47)28-10-2-11-29-57/h1,4-9,14-24,26-27,32-34,49,55,59H,2-3,10-13,25,28-31H2. The van der Waals surface area contributed by atoms with Crippen LogP contribution < -0.4 is 5.32 Å². The second kappa shape index (κ2) is 13.3. The summed E-state index contributed by atoms with van der Waals surface area (Å²) in [7, 11) is 0. The Morgan fingerprint density at radius 2 is 1.32 bits per heavy atom. The van der Waals surface area contributed by atoms with Crippen molar-refractivity contribution in [3.05, 3.63) is 184 Å². The Morgan fingerprint density at radius 3 is 2.18 bits per heavy atom. The van der Waals surface area contributed by atoms with E-state index in [2.05, 4.69) is 145 Å². The molecule has 1 saturated heterocycles. The van der Waals surface area contributed by atoms with Crippen molar-refractivity contribution >= 4 is 43.1 Å². The minimum Gasteiger partial charge on any atom is -0.469 e. The first-order chi connectivity index (χ1) is 30.7. The predicted molar refractivity (Wildman–Crippen MR) is 257 cm³/mol. The van der Waals surface area contributed by atoms with Crippen molar-refractivity contribution in [3.63, 3.8) is 0 Å². The van der Waals surface area contributed by atoms with Gasteiger partial charge in [0.25, 0.3) is 0 Å². The molecule has 302 valence electrons. The summed E-state index contributed by atoms with van der Waals surface area (Å²) in [4.78, 5) is 5.33. The molecule has 2 saturated carbocycles. The van der Waals surface area contributed by atoms with E-state index in [4.69, 9.17) is 9.73 Å². The smallest absolute Gasteiger partial charge is 0.221 e. The Labute approximate surface area is 367 Å². The molecule has 0 bridgehead atoms. The van der Waals surface area contributed by atoms with Gasteiger partial charge in [0.2, 0.25) is 5.90 Å². The van der Waals surface area contributed by atoms with Crippen LogP contribution in [0.2, 0.25) is 0 Å². The molecule has 2 spiro atoms. The highest BCUT2D eigenvalue weighted by atomic mass is 32.1. The van der Waals surface area contributed by atoms with Crippen molar-refractivity contribution in [1.29, 1.82) is 0 Å². The minimum absolute atomic E-state index is 0.0107. The van der Waals surface area contributed by atoms with Crippen LogP contribution in [0.3, 0.4) is 0 Å². The normalized spacial score (nSPS) is 22.1. The molecule has 1 N–H and O–H groups in total. The fourth-order valence-electron chi connectivity index (χ4n) is 13.3. The average molecular weight is 821 g/mol. The predicted octanol–water partition coefficient (Wildman–Crippen LogP) is 14.9. The molecule has 2 unspecified atom stereocenters. The van der Waals surface area contributed by atoms with E-state index >= 15 is 0 Å². The summed E-state index contributed by atoms with van der Waals surface area (Å²) in [5.74, 6) is 0.755. The molecule has 3 nitrogen and oxygen atoms in total. The highest BCUT2D eigenvalue weighted by Crippen LogP contribution is 2.63. The van der Waals surface area contributed by atoms with E-state index in [-0.39, 0.29) is 23.1 Å². The van der Waals surface area contributed by atoms with Crippen LogP contribution in [0.5, 0.6) is 0 Å². The number of thiophene rings is 1. The second-order valence-electron chi connectivity index (χ2n) is 19.0. The first-order valence-corrected chi connectivity index (χ1v) is 24.1. The maximum absolute atomic E-state index is 6.62. The number of fused-ring (bicyclic) bond motifs is 16. The van der Waals surface area contributed by atoms with E-state index in [1.54, 1.807) is 22.3 Å². The third-order valence-electron chi connectivity index (χ3n) is 16.0. The molecule has 4 heteroatoms. The number of ether oxygens (including phenoxy) is 1. The molecule has 0 amide bonds. The third-order valence-corrected chi connectivity index (χ3v) is 17.3. The van der Waals surface area contributed by atoms with E-state index in [0.29, 0.717) is 0 Å². The Kier molecular flexibility index (Phi) is 7.62. The summed E-state index contributed by atoms with van der Waals surface area (Å²) in [6.07, 6.45) is 20.1. The van der Waals surface area contributed by atoms with Crippen LogP contribution in [0, 0.1) is 0 Å². The van der Waals surface area contributed by atoms with Crippen molar-refractivity contribution in [2.24, 2.45) is 4.99 Å². The van der Waals surface area contributed by atoms with Crippen LogP contribution in [0.25, 0.3) is 59.3 Å². The van der Waals surface area contributed by atoms with Crippen LogP contribution in [0.1, 0.15) is 110 Å². The van der Waals surface area contributed by atoms with Gasteiger partial charge in [0.05, 0.1) is 11.3 Å². The number of hydrogen-bond donors (Lipinski definition) is 1. The first kappa shape index (κ1) is 35.6. The van der Waals surface area contributed by atoms with E-state index in [1.807, 2.05) is 11.3 Å². The lowest BCUT2D eigenvalue weighted by Crippen LogP contribution is -2.29. The molecule has 2 aliphatic heterocycles. The molecule has 7 aromatic rings. The highest BCUT2D eigenvalue weighted by Gasteiger charge is 2.49. The molecule has 14 rings (SSSR count). The van der Waals surface area contributed by atoms with Crippen LogP contribution in [0.15, 0.2) is 156 Å². The van der Waals surface area contributed by atoms with E-state index in [1.165, 1.54) is 129 Å². The van der Waals surface area contributed by atoms with E-state index in [9.17, 15) is 0 Å². The summed E-state index contributed by atoms with van der Waals surface area (Å²) in [6, 6.07) is 47.0. The number of nitrogens with one attached hydrogen (secondary N) is 1. The quantitative estimate of drug-likeness (QED) is 0.193. The molecule has 7 aliphatic rings. The van der Waals surface area contributed by atoms with Gasteiger partial charge in [-0.25, -0.2) is 4.99 Å². The second-order valence-corrected chi connectivity index (χ2v) is 20.1. The molecule has 62 heavy (non-hydrogen) atoms. The topological polar surface area (TPSA) is 33.6 Å². The van der Waals surface area contributed by atoms with Crippen molar-refractivity contribution in [2.75, 3.05) is 0 Å². The lowest BCUT2D eigenvalue weighted by molar-refractivity contribution is 0.248. The molecule has 2 atom stereocenters. The number of rotatable bonds is 3. The summed E-state index contributed by atoms with van der Waals surface area (Å²) < 4.78 is 9.22. The summed E-state index contributed by atoms with van der Waals surface area (Å²) in [5.41, 5.74) is 21.1. The molecular formula is C58H48N2OS. The average Bonchev–Trinajstić information content (AvgIpc) is 4.05. The van der Waals surface area contributed by atoms with Crippen LogP contribution in [-0.4, -0.2) is 12.0 Å². The van der Waals surface area contributed by atoms with Crippen molar-refractivity contribution in [2.45, 2.75) is 93.7 Å². The Morgan fingerprint density at radius 1 is 0.597 bits per heavy atom. The lowest BCUT2D eigenvalue weighted by atomic mass is 9.66. The molecule has 6 aromatic carbocycles. The zero-order valence-electron chi connectivity index (χ0n) is 35.0. The van der Waals surface area contributed by atoms with Gasteiger partial charge in [0.15, 0.2) is 0 Å². The molecule has 3 heterocycles. The molecule has 0 radical (unpaired) electrons. The molecular weight excluding hydrogens is 773 g/mol. The van der Waals surface area contributed by atoms with Gasteiger partial charge >= 0.3 is 0 Å². The van der Waals surface area contributed by atoms with Crippen molar-refractivity contribution in [3.8, 4) is 33.4 Å². The monoisotopic (exact) mass is 820 g/mol. The number of aliphatic imine (C=N–C) groups is 1. The summed E-state index contributed by atoms with van der Waals surface area (Å²) in [6.45, 7) is 0. The Hall–Kier alpha value is -5.97. The van der Waals surface area contributed by atoms with E-state index in [0.717, 1.165) is 29.2 Å². The van der Waals surface area contributed by atoms with Gasteiger partial charge in [-0.1, -0.05) is 154 Å². The third kappa shape index (κ3) is 4.85. The fourth-order valence-corrected chi connectivity index (χ4v) is 14.5. The fraction of sp³-hybridized carbons (Fsp3) is 0.259. The van der Waals surface area contributed by atoms with Crippen molar-refractivity contribution in [1.82, 2.24) is 5.32 Å². The zero-order valence-corrected chi connectivity index (χ0v) is 35.8. The van der Waals surface area contributed by atoms with E-state index < -0.39 is 0 Å². The van der Waals surface area contributed by atoms with Crippen molar-refractivity contribution < 1.29 is 4.74 Å². The van der Waals surface area contributed by atoms with Gasteiger partial charge in [-0.15, -0.1) is 11.3 Å². The van der Waals surface area contributed by atoms with Gasteiger partial charge in [0, 0.05) is 48.6 Å². The van der Waals surface area contributed by atoms with Gasteiger partial charge in [-0.05, 0) is 111 Å². The van der Waals surface area contributed by atoms with Gasteiger partial charge in [0.1, 0.15) is 12.3 Å². The largest absolute Gasteiger partial charge is 0.469 e. The van der Waals surface area contributed by atoms with Gasteiger partial charge < -0.3 is 10.1 Å². The first-order valence-electron chi connectivity index (χ1n) is 23.3. The Bertz CT molecular complexity index is 3180. The van der Waals surface area contributed by atoms with Crippen LogP contribution >= 0.6 is 11.3 Å². The molecule has 1 aromatic heterocycles. The highest BCUT2D eigenvalue weighted by molar-refractivity contribution is 7.26. The SMILES string of the molecule is C1=CCC2OC3=NC(c4cccc5c4sc4ccc(-c6cccc7c6-c6cc8c(cc6C76CCCCC6)-c6ccccc6C86CCCCC6)cc45)NC(c4ccccc4)=C3C2=C1. The number of benzene rings is 6.